The Kier molecular flexibility index (Phi) is 8.15. The summed E-state index contributed by atoms with van der Waals surface area (Å²) >= 11 is 6.00. The molecular formula is C25H27Cl2N3O2. The molecule has 2 atom stereocenters. The number of anilines is 2. The van der Waals surface area contributed by atoms with Crippen LogP contribution >= 0.6 is 24.0 Å². The molecule has 1 aliphatic heterocycles. The maximum absolute atomic E-state index is 12.6. The summed E-state index contributed by atoms with van der Waals surface area (Å²) in [6.45, 7) is 1.31. The summed E-state index contributed by atoms with van der Waals surface area (Å²) in [6.07, 6.45) is 0.298. The van der Waals surface area contributed by atoms with Gasteiger partial charge in [0, 0.05) is 35.1 Å². The molecule has 1 aliphatic rings. The number of aliphatic hydroxyl groups excluding tert-OH is 1. The van der Waals surface area contributed by atoms with Crippen molar-refractivity contribution in [2.24, 2.45) is 0 Å². The Morgan fingerprint density at radius 3 is 2.59 bits per heavy atom. The van der Waals surface area contributed by atoms with Gasteiger partial charge < -0.3 is 20.6 Å². The normalized spacial score (nSPS) is 14.3. The number of nitrogens with zero attached hydrogens (tertiary/aromatic N) is 1. The topological polar surface area (TPSA) is 64.6 Å². The van der Waals surface area contributed by atoms with Gasteiger partial charge in [0.2, 0.25) is 0 Å². The molecule has 0 aromatic heterocycles. The molecule has 0 saturated carbocycles. The molecule has 0 fully saturated rings. The number of amides is 1. The molecule has 168 valence electrons. The number of hydrogen-bond donors (Lipinski definition) is 3. The first-order valence-corrected chi connectivity index (χ1v) is 10.8. The molecule has 0 unspecified atom stereocenters. The summed E-state index contributed by atoms with van der Waals surface area (Å²) in [5.74, 6) is -0.191. The van der Waals surface area contributed by atoms with Gasteiger partial charge in [-0.3, -0.25) is 4.79 Å². The van der Waals surface area contributed by atoms with E-state index in [2.05, 4.69) is 27.7 Å². The number of fused-ring (bicyclic) bond motifs is 1. The SMILES string of the molecule is CNC[C@H](O)[C@H](c1ccccc1)N1CCc2cc(NC(=O)c3cccc(Cl)c3)ccc21.Cl. The number of rotatable bonds is 7. The van der Waals surface area contributed by atoms with Gasteiger partial charge >= 0.3 is 0 Å². The van der Waals surface area contributed by atoms with Gasteiger partial charge in [-0.25, -0.2) is 0 Å². The number of carbonyl (C=O) groups is 1. The van der Waals surface area contributed by atoms with Crippen molar-refractivity contribution in [1.82, 2.24) is 5.32 Å². The highest BCUT2D eigenvalue weighted by molar-refractivity contribution is 6.31. The molecule has 3 aromatic rings. The standard InChI is InChI=1S/C25H26ClN3O2.ClH/c1-27-16-23(30)24(17-6-3-2-4-7-17)29-13-12-18-15-21(10-11-22(18)29)28-25(31)19-8-5-9-20(26)14-19;/h2-11,14-15,23-24,27,30H,12-13,16H2,1H3,(H,28,31);1H/t23-,24-;/m0./s1. The minimum atomic E-state index is -0.555. The van der Waals surface area contributed by atoms with Crippen molar-refractivity contribution in [2.45, 2.75) is 18.6 Å². The average Bonchev–Trinajstić information content (AvgIpc) is 3.18. The molecule has 0 bridgehead atoms. The van der Waals surface area contributed by atoms with Gasteiger partial charge in [0.25, 0.3) is 5.91 Å². The van der Waals surface area contributed by atoms with Crippen LogP contribution in [0.25, 0.3) is 0 Å². The second-order valence-corrected chi connectivity index (χ2v) is 8.17. The third-order valence-electron chi connectivity index (χ3n) is 5.61. The Morgan fingerprint density at radius 2 is 1.88 bits per heavy atom. The van der Waals surface area contributed by atoms with E-state index in [9.17, 15) is 9.90 Å². The molecule has 4 rings (SSSR count). The monoisotopic (exact) mass is 471 g/mol. The number of nitrogens with one attached hydrogen (secondary N) is 2. The van der Waals surface area contributed by atoms with Gasteiger partial charge in [-0.05, 0) is 61.0 Å². The predicted octanol–water partition coefficient (Wildman–Crippen LogP) is 4.70. The van der Waals surface area contributed by atoms with Crippen molar-refractivity contribution in [3.63, 3.8) is 0 Å². The summed E-state index contributed by atoms with van der Waals surface area (Å²) < 4.78 is 0. The van der Waals surface area contributed by atoms with E-state index < -0.39 is 6.10 Å². The van der Waals surface area contributed by atoms with Crippen LogP contribution in [0.3, 0.4) is 0 Å². The zero-order valence-corrected chi connectivity index (χ0v) is 19.4. The molecule has 3 aromatic carbocycles. The summed E-state index contributed by atoms with van der Waals surface area (Å²) in [5, 5.41) is 17.5. The van der Waals surface area contributed by atoms with E-state index in [0.717, 1.165) is 35.5 Å². The van der Waals surface area contributed by atoms with Crippen molar-refractivity contribution in [2.75, 3.05) is 30.4 Å². The lowest BCUT2D eigenvalue weighted by Gasteiger charge is -2.34. The van der Waals surface area contributed by atoms with Gasteiger partial charge in [0.1, 0.15) is 0 Å². The van der Waals surface area contributed by atoms with Crippen molar-refractivity contribution in [3.05, 3.63) is 94.5 Å². The van der Waals surface area contributed by atoms with E-state index in [4.69, 9.17) is 11.6 Å². The number of halogens is 2. The zero-order chi connectivity index (χ0) is 21.8. The van der Waals surface area contributed by atoms with Crippen LogP contribution in [0.5, 0.6) is 0 Å². The van der Waals surface area contributed by atoms with E-state index in [1.54, 1.807) is 24.3 Å². The Balaban J connectivity index is 0.00000289. The summed E-state index contributed by atoms with van der Waals surface area (Å²) in [5.41, 5.74) is 4.59. The fraction of sp³-hybridized carbons (Fsp3) is 0.240. The number of hydrogen-bond acceptors (Lipinski definition) is 4. The molecule has 0 saturated heterocycles. The number of benzene rings is 3. The van der Waals surface area contributed by atoms with Crippen LogP contribution in [0.1, 0.15) is 27.5 Å². The van der Waals surface area contributed by atoms with Crippen molar-refractivity contribution < 1.29 is 9.90 Å². The highest BCUT2D eigenvalue weighted by Crippen LogP contribution is 2.38. The van der Waals surface area contributed by atoms with E-state index in [1.165, 1.54) is 0 Å². The fourth-order valence-corrected chi connectivity index (χ4v) is 4.40. The van der Waals surface area contributed by atoms with Crippen molar-refractivity contribution in [1.29, 1.82) is 0 Å². The lowest BCUT2D eigenvalue weighted by atomic mass is 9.99. The van der Waals surface area contributed by atoms with Gasteiger partial charge in [-0.15, -0.1) is 12.4 Å². The number of aliphatic hydroxyl groups is 1. The molecule has 1 heterocycles. The van der Waals surface area contributed by atoms with Crippen molar-refractivity contribution >= 4 is 41.3 Å². The smallest absolute Gasteiger partial charge is 0.255 e. The molecule has 0 aliphatic carbocycles. The van der Waals surface area contributed by atoms with Crippen LogP contribution < -0.4 is 15.5 Å². The molecular weight excluding hydrogens is 445 g/mol. The molecule has 1 amide bonds. The van der Waals surface area contributed by atoms with E-state index in [-0.39, 0.29) is 24.4 Å². The van der Waals surface area contributed by atoms with Gasteiger partial charge in [0.05, 0.1) is 12.1 Å². The lowest BCUT2D eigenvalue weighted by molar-refractivity contribution is 0.102. The third kappa shape index (κ3) is 5.25. The van der Waals surface area contributed by atoms with Crippen LogP contribution in [0.15, 0.2) is 72.8 Å². The summed E-state index contributed by atoms with van der Waals surface area (Å²) in [6, 6.07) is 22.8. The number of carbonyl (C=O) groups excluding carboxylic acids is 1. The molecule has 0 spiro atoms. The van der Waals surface area contributed by atoms with Crippen molar-refractivity contribution in [3.8, 4) is 0 Å². The zero-order valence-electron chi connectivity index (χ0n) is 17.8. The van der Waals surface area contributed by atoms with E-state index in [1.807, 2.05) is 43.4 Å². The number of likely N-dealkylation sites (N-methyl/N-ethyl adjacent to an activating group) is 1. The molecule has 7 heteroatoms. The first kappa shape index (κ1) is 24.1. The van der Waals surface area contributed by atoms with Gasteiger partial charge in [-0.2, -0.15) is 0 Å². The summed E-state index contributed by atoms with van der Waals surface area (Å²) in [7, 11) is 1.85. The quantitative estimate of drug-likeness (QED) is 0.467. The highest BCUT2D eigenvalue weighted by Gasteiger charge is 2.32. The maximum Gasteiger partial charge on any atom is 0.255 e. The van der Waals surface area contributed by atoms with Crippen LogP contribution in [0, 0.1) is 0 Å². The molecule has 5 nitrogen and oxygen atoms in total. The first-order valence-electron chi connectivity index (χ1n) is 10.4. The highest BCUT2D eigenvalue weighted by atomic mass is 35.5. The second-order valence-electron chi connectivity index (χ2n) is 7.73. The first-order chi connectivity index (χ1) is 15.1. The van der Waals surface area contributed by atoms with Crippen LogP contribution in [0.2, 0.25) is 5.02 Å². The summed E-state index contributed by atoms with van der Waals surface area (Å²) in [4.78, 5) is 14.8. The van der Waals surface area contributed by atoms with Crippen LogP contribution in [-0.4, -0.2) is 37.3 Å². The lowest BCUT2D eigenvalue weighted by Crippen LogP contribution is -2.40. The minimum absolute atomic E-state index is 0. The molecule has 3 N–H and O–H groups in total. The van der Waals surface area contributed by atoms with E-state index >= 15 is 0 Å². The Labute approximate surface area is 199 Å². The second kappa shape index (κ2) is 10.8. The average molecular weight is 472 g/mol. The van der Waals surface area contributed by atoms with Gasteiger partial charge in [-0.1, -0.05) is 48.0 Å². The maximum atomic E-state index is 12.6. The predicted molar refractivity (Wildman–Crippen MR) is 133 cm³/mol. The largest absolute Gasteiger partial charge is 0.389 e. The minimum Gasteiger partial charge on any atom is -0.389 e. The van der Waals surface area contributed by atoms with E-state index in [0.29, 0.717) is 17.1 Å². The molecule has 0 radical (unpaired) electrons. The Bertz CT molecular complexity index is 1060. The van der Waals surface area contributed by atoms with Crippen LogP contribution in [-0.2, 0) is 6.42 Å². The Morgan fingerprint density at radius 1 is 1.09 bits per heavy atom. The fourth-order valence-electron chi connectivity index (χ4n) is 4.21. The van der Waals surface area contributed by atoms with Crippen LogP contribution in [0.4, 0.5) is 11.4 Å². The third-order valence-corrected chi connectivity index (χ3v) is 5.85. The Hall–Kier alpha value is -2.57. The van der Waals surface area contributed by atoms with Gasteiger partial charge in [0.15, 0.2) is 0 Å². The molecule has 32 heavy (non-hydrogen) atoms.